The summed E-state index contributed by atoms with van der Waals surface area (Å²) >= 11 is 0. The van der Waals surface area contributed by atoms with Crippen LogP contribution in [-0.4, -0.2) is 17.0 Å². The molecule has 1 aromatic heterocycles. The summed E-state index contributed by atoms with van der Waals surface area (Å²) in [7, 11) is 0. The van der Waals surface area contributed by atoms with Crippen LogP contribution in [0.2, 0.25) is 0 Å². The summed E-state index contributed by atoms with van der Waals surface area (Å²) in [5, 5.41) is 11.9. The van der Waals surface area contributed by atoms with Crippen molar-refractivity contribution in [2.24, 2.45) is 5.73 Å². The fourth-order valence-electron chi connectivity index (χ4n) is 1.75. The Kier molecular flexibility index (Phi) is 3.74. The summed E-state index contributed by atoms with van der Waals surface area (Å²) in [6, 6.07) is 9.48. The predicted molar refractivity (Wildman–Crippen MR) is 72.7 cm³/mol. The minimum atomic E-state index is -1.10. The quantitative estimate of drug-likeness (QED) is 0.775. The van der Waals surface area contributed by atoms with Gasteiger partial charge >= 0.3 is 5.97 Å². The SMILES string of the molecule is CC(Nc1ccc(C(N)=O)cc1)c1ccc(C(=O)O)o1. The van der Waals surface area contributed by atoms with Crippen molar-refractivity contribution in [2.75, 3.05) is 5.32 Å². The van der Waals surface area contributed by atoms with Gasteiger partial charge in [0, 0.05) is 11.3 Å². The lowest BCUT2D eigenvalue weighted by Crippen LogP contribution is -2.11. The number of aromatic carboxylic acids is 1. The molecule has 0 aliphatic heterocycles. The number of furan rings is 1. The predicted octanol–water partition coefficient (Wildman–Crippen LogP) is 2.25. The minimum absolute atomic E-state index is 0.0993. The molecule has 0 aliphatic rings. The van der Waals surface area contributed by atoms with Crippen molar-refractivity contribution in [3.8, 4) is 0 Å². The fourth-order valence-corrected chi connectivity index (χ4v) is 1.75. The lowest BCUT2D eigenvalue weighted by molar-refractivity contribution is 0.0660. The normalized spacial score (nSPS) is 11.8. The molecule has 0 fully saturated rings. The Bertz CT molecular complexity index is 631. The second kappa shape index (κ2) is 5.48. The summed E-state index contributed by atoms with van der Waals surface area (Å²) in [5.74, 6) is -1.17. The number of carboxylic acid groups (broad SMARTS) is 1. The first-order valence-electron chi connectivity index (χ1n) is 5.97. The third-order valence-electron chi connectivity index (χ3n) is 2.82. The Hall–Kier alpha value is -2.76. The van der Waals surface area contributed by atoms with Gasteiger partial charge in [-0.1, -0.05) is 0 Å². The smallest absolute Gasteiger partial charge is 0.371 e. The Morgan fingerprint density at radius 3 is 2.35 bits per heavy atom. The van der Waals surface area contributed by atoms with Crippen molar-refractivity contribution in [2.45, 2.75) is 13.0 Å². The van der Waals surface area contributed by atoms with Crippen LogP contribution in [0.3, 0.4) is 0 Å². The zero-order valence-electron chi connectivity index (χ0n) is 10.8. The second-order valence-corrected chi connectivity index (χ2v) is 4.31. The maximum absolute atomic E-state index is 11.0. The number of carbonyl (C=O) groups is 2. The number of hydrogen-bond donors (Lipinski definition) is 3. The average molecular weight is 274 g/mol. The molecule has 1 atom stereocenters. The van der Waals surface area contributed by atoms with Gasteiger partial charge in [-0.25, -0.2) is 4.79 Å². The first-order valence-corrected chi connectivity index (χ1v) is 5.97. The van der Waals surface area contributed by atoms with E-state index in [9.17, 15) is 9.59 Å². The second-order valence-electron chi connectivity index (χ2n) is 4.31. The van der Waals surface area contributed by atoms with E-state index in [1.807, 2.05) is 6.92 Å². The summed E-state index contributed by atoms with van der Waals surface area (Å²) < 4.78 is 5.20. The first-order chi connectivity index (χ1) is 9.47. The fraction of sp³-hybridized carbons (Fsp3) is 0.143. The van der Waals surface area contributed by atoms with E-state index < -0.39 is 11.9 Å². The molecule has 4 N–H and O–H groups in total. The molecule has 2 rings (SSSR count). The van der Waals surface area contributed by atoms with Gasteiger partial charge in [0.2, 0.25) is 11.7 Å². The molecule has 1 aromatic carbocycles. The molecule has 1 amide bonds. The number of carbonyl (C=O) groups excluding carboxylic acids is 1. The number of hydrogen-bond acceptors (Lipinski definition) is 4. The summed E-state index contributed by atoms with van der Waals surface area (Å²) in [5.41, 5.74) is 6.36. The molecule has 0 spiro atoms. The molecule has 1 heterocycles. The Balaban J connectivity index is 2.08. The van der Waals surface area contributed by atoms with Gasteiger partial charge in [0.15, 0.2) is 0 Å². The van der Waals surface area contributed by atoms with Crippen LogP contribution in [0.15, 0.2) is 40.8 Å². The van der Waals surface area contributed by atoms with Crippen molar-refractivity contribution in [3.63, 3.8) is 0 Å². The van der Waals surface area contributed by atoms with E-state index in [-0.39, 0.29) is 11.8 Å². The number of primary amides is 1. The number of nitrogens with one attached hydrogen (secondary N) is 1. The number of amides is 1. The van der Waals surface area contributed by atoms with Crippen molar-refractivity contribution in [3.05, 3.63) is 53.5 Å². The molecule has 0 bridgehead atoms. The number of rotatable bonds is 5. The third-order valence-corrected chi connectivity index (χ3v) is 2.82. The standard InChI is InChI=1S/C14H14N2O4/c1-8(11-6-7-12(20-11)14(18)19)16-10-4-2-9(3-5-10)13(15)17/h2-8,16H,1H3,(H2,15,17)(H,18,19). The molecule has 0 radical (unpaired) electrons. The van der Waals surface area contributed by atoms with Crippen LogP contribution < -0.4 is 11.1 Å². The lowest BCUT2D eigenvalue weighted by Gasteiger charge is -2.13. The lowest BCUT2D eigenvalue weighted by atomic mass is 10.2. The van der Waals surface area contributed by atoms with Crippen molar-refractivity contribution in [1.29, 1.82) is 0 Å². The van der Waals surface area contributed by atoms with Gasteiger partial charge in [-0.15, -0.1) is 0 Å². The molecule has 0 saturated heterocycles. The van der Waals surface area contributed by atoms with Gasteiger partial charge in [0.05, 0.1) is 6.04 Å². The molecule has 1 unspecified atom stereocenters. The Labute approximate surface area is 115 Å². The molecule has 2 aromatic rings. The van der Waals surface area contributed by atoms with Crippen molar-refractivity contribution < 1.29 is 19.1 Å². The first kappa shape index (κ1) is 13.7. The van der Waals surface area contributed by atoms with Crippen LogP contribution in [0.1, 0.15) is 39.6 Å². The molecule has 6 nitrogen and oxygen atoms in total. The van der Waals surface area contributed by atoms with Crippen molar-refractivity contribution in [1.82, 2.24) is 0 Å². The van der Waals surface area contributed by atoms with Gasteiger partial charge in [-0.2, -0.15) is 0 Å². The maximum atomic E-state index is 11.0. The molecule has 0 aliphatic carbocycles. The zero-order valence-corrected chi connectivity index (χ0v) is 10.8. The van der Waals surface area contributed by atoms with Gasteiger partial charge < -0.3 is 20.6 Å². The maximum Gasteiger partial charge on any atom is 0.371 e. The molecule has 0 saturated carbocycles. The highest BCUT2D eigenvalue weighted by atomic mass is 16.4. The highest BCUT2D eigenvalue weighted by molar-refractivity contribution is 5.93. The van der Waals surface area contributed by atoms with E-state index in [1.165, 1.54) is 6.07 Å². The highest BCUT2D eigenvalue weighted by Crippen LogP contribution is 2.21. The number of anilines is 1. The molecular weight excluding hydrogens is 260 g/mol. The van der Waals surface area contributed by atoms with Crippen molar-refractivity contribution >= 4 is 17.6 Å². The molecule has 20 heavy (non-hydrogen) atoms. The van der Waals surface area contributed by atoms with Crippen LogP contribution >= 0.6 is 0 Å². The number of carboxylic acids is 1. The topological polar surface area (TPSA) is 106 Å². The highest BCUT2D eigenvalue weighted by Gasteiger charge is 2.14. The van der Waals surface area contributed by atoms with E-state index in [1.54, 1.807) is 30.3 Å². The summed E-state index contributed by atoms with van der Waals surface area (Å²) in [4.78, 5) is 21.7. The molecular formula is C14H14N2O4. The summed E-state index contributed by atoms with van der Waals surface area (Å²) in [6.45, 7) is 1.84. The van der Waals surface area contributed by atoms with Crippen LogP contribution in [0.25, 0.3) is 0 Å². The molecule has 104 valence electrons. The Morgan fingerprint density at radius 2 is 1.85 bits per heavy atom. The molecule has 6 heteroatoms. The van der Waals surface area contributed by atoms with Crippen LogP contribution in [0, 0.1) is 0 Å². The number of nitrogens with two attached hydrogens (primary N) is 1. The average Bonchev–Trinajstić information content (AvgIpc) is 2.89. The number of benzene rings is 1. The van der Waals surface area contributed by atoms with Crippen LogP contribution in [0.4, 0.5) is 5.69 Å². The zero-order chi connectivity index (χ0) is 14.7. The summed E-state index contributed by atoms with van der Waals surface area (Å²) in [6.07, 6.45) is 0. The monoisotopic (exact) mass is 274 g/mol. The van der Waals surface area contributed by atoms with E-state index in [0.717, 1.165) is 5.69 Å². The van der Waals surface area contributed by atoms with Crippen LogP contribution in [0.5, 0.6) is 0 Å². The van der Waals surface area contributed by atoms with Gasteiger partial charge in [0.1, 0.15) is 5.76 Å². The minimum Gasteiger partial charge on any atom is -0.475 e. The third kappa shape index (κ3) is 2.97. The van der Waals surface area contributed by atoms with Crippen LogP contribution in [-0.2, 0) is 0 Å². The van der Waals surface area contributed by atoms with E-state index in [2.05, 4.69) is 5.32 Å². The van der Waals surface area contributed by atoms with Gasteiger partial charge in [0.25, 0.3) is 0 Å². The van der Waals surface area contributed by atoms with E-state index >= 15 is 0 Å². The van der Waals surface area contributed by atoms with E-state index in [4.69, 9.17) is 15.3 Å². The Morgan fingerprint density at radius 1 is 1.20 bits per heavy atom. The van der Waals surface area contributed by atoms with Gasteiger partial charge in [-0.05, 0) is 43.3 Å². The van der Waals surface area contributed by atoms with Gasteiger partial charge in [-0.3, -0.25) is 4.79 Å². The van der Waals surface area contributed by atoms with E-state index in [0.29, 0.717) is 11.3 Å². The largest absolute Gasteiger partial charge is 0.475 e.